The fourth-order valence-corrected chi connectivity index (χ4v) is 3.97. The van der Waals surface area contributed by atoms with Crippen LogP contribution in [0.15, 0.2) is 30.3 Å². The van der Waals surface area contributed by atoms with Crippen LogP contribution in [0.2, 0.25) is 0 Å². The number of cyclic esters (lactones) is 2. The number of carbonyl (C=O) groups is 3. The molecule has 4 atom stereocenters. The van der Waals surface area contributed by atoms with Gasteiger partial charge in [0.1, 0.15) is 6.10 Å². The van der Waals surface area contributed by atoms with Crippen LogP contribution in [-0.4, -0.2) is 59.8 Å². The smallest absolute Gasteiger partial charge is 0.312 e. The van der Waals surface area contributed by atoms with Gasteiger partial charge in [0.15, 0.2) is 6.61 Å². The molecule has 0 bridgehead atoms. The van der Waals surface area contributed by atoms with Crippen LogP contribution in [0.1, 0.15) is 64.4 Å². The molecular formula is C25H37NO6. The van der Waals surface area contributed by atoms with E-state index >= 15 is 0 Å². The molecule has 1 amide bonds. The first-order valence-corrected chi connectivity index (χ1v) is 11.7. The number of rotatable bonds is 8. The van der Waals surface area contributed by atoms with E-state index in [0.29, 0.717) is 12.8 Å². The molecule has 32 heavy (non-hydrogen) atoms. The topological polar surface area (TPSA) is 93.1 Å². The van der Waals surface area contributed by atoms with E-state index in [1.54, 1.807) is 14.0 Å². The molecule has 1 aliphatic heterocycles. The number of aliphatic hydroxyl groups excluding tert-OH is 1. The van der Waals surface area contributed by atoms with Gasteiger partial charge < -0.3 is 19.5 Å². The van der Waals surface area contributed by atoms with Gasteiger partial charge in [-0.2, -0.15) is 0 Å². The van der Waals surface area contributed by atoms with E-state index in [2.05, 4.69) is 6.92 Å². The Labute approximate surface area is 191 Å². The third-order valence-corrected chi connectivity index (χ3v) is 6.14. The van der Waals surface area contributed by atoms with Gasteiger partial charge in [-0.05, 0) is 31.7 Å². The van der Waals surface area contributed by atoms with Gasteiger partial charge in [0, 0.05) is 7.05 Å². The van der Waals surface area contributed by atoms with Crippen LogP contribution in [0.3, 0.4) is 0 Å². The molecule has 1 aromatic rings. The lowest BCUT2D eigenvalue weighted by Crippen LogP contribution is -2.49. The highest BCUT2D eigenvalue weighted by Gasteiger charge is 2.34. The molecule has 1 fully saturated rings. The molecule has 7 heteroatoms. The van der Waals surface area contributed by atoms with Crippen molar-refractivity contribution < 1.29 is 29.0 Å². The van der Waals surface area contributed by atoms with Crippen molar-refractivity contribution in [2.24, 2.45) is 5.92 Å². The van der Waals surface area contributed by atoms with Gasteiger partial charge in [-0.1, -0.05) is 62.9 Å². The van der Waals surface area contributed by atoms with E-state index in [4.69, 9.17) is 9.47 Å². The van der Waals surface area contributed by atoms with Crippen molar-refractivity contribution >= 4 is 17.8 Å². The number of carbonyl (C=O) groups excluding carboxylic acids is 3. The number of hydrogen-bond acceptors (Lipinski definition) is 6. The zero-order valence-corrected chi connectivity index (χ0v) is 19.5. The Bertz CT molecular complexity index is 737. The van der Waals surface area contributed by atoms with Gasteiger partial charge in [0.2, 0.25) is 0 Å². The van der Waals surface area contributed by atoms with Crippen LogP contribution in [0.4, 0.5) is 0 Å². The van der Waals surface area contributed by atoms with Gasteiger partial charge in [0.05, 0.1) is 24.5 Å². The Hall–Kier alpha value is -2.41. The Kier molecular flexibility index (Phi) is 10.7. The van der Waals surface area contributed by atoms with Crippen LogP contribution in [0.5, 0.6) is 0 Å². The van der Waals surface area contributed by atoms with Gasteiger partial charge >= 0.3 is 11.9 Å². The second kappa shape index (κ2) is 13.2. The summed E-state index contributed by atoms with van der Waals surface area (Å²) in [5.41, 5.74) is 0.923. The van der Waals surface area contributed by atoms with E-state index in [0.717, 1.165) is 37.7 Å². The van der Waals surface area contributed by atoms with Crippen molar-refractivity contribution in [3.05, 3.63) is 35.9 Å². The molecule has 7 nitrogen and oxygen atoms in total. The molecule has 1 unspecified atom stereocenters. The molecule has 0 saturated carbocycles. The molecule has 1 aromatic carbocycles. The minimum atomic E-state index is -1.10. The standard InChI is InChI=1S/C25H37NO6/c1-4-5-6-7-11-14-22-18(2)25(30)31-17-23(28)26(3)20(21(27)16-24(29)32-22)15-19-12-9-8-10-13-19/h8-10,12-13,18,20-22,27H,4-7,11,14-17H2,1-3H3/t18-,20-,21+,22?/m0/s1. The van der Waals surface area contributed by atoms with Crippen LogP contribution in [-0.2, 0) is 30.3 Å². The first-order valence-electron chi connectivity index (χ1n) is 11.7. The highest BCUT2D eigenvalue weighted by molar-refractivity contribution is 5.82. The summed E-state index contributed by atoms with van der Waals surface area (Å²) in [6.07, 6.45) is 4.12. The lowest BCUT2D eigenvalue weighted by Gasteiger charge is -2.33. The Morgan fingerprint density at radius 2 is 1.75 bits per heavy atom. The molecule has 0 radical (unpaired) electrons. The number of esters is 2. The van der Waals surface area contributed by atoms with E-state index in [1.165, 1.54) is 4.90 Å². The molecule has 0 spiro atoms. The van der Waals surface area contributed by atoms with Crippen molar-refractivity contribution in [1.82, 2.24) is 4.90 Å². The van der Waals surface area contributed by atoms with Crippen LogP contribution >= 0.6 is 0 Å². The molecule has 1 saturated heterocycles. The van der Waals surface area contributed by atoms with E-state index in [9.17, 15) is 19.5 Å². The zero-order chi connectivity index (χ0) is 23.5. The number of ether oxygens (including phenoxy) is 2. The Morgan fingerprint density at radius 3 is 2.44 bits per heavy atom. The fourth-order valence-electron chi connectivity index (χ4n) is 3.97. The Morgan fingerprint density at radius 1 is 1.06 bits per heavy atom. The summed E-state index contributed by atoms with van der Waals surface area (Å²) in [6, 6.07) is 8.78. The zero-order valence-electron chi connectivity index (χ0n) is 19.5. The third-order valence-electron chi connectivity index (χ3n) is 6.14. The quantitative estimate of drug-likeness (QED) is 0.486. The van der Waals surface area contributed by atoms with Crippen molar-refractivity contribution in [3.63, 3.8) is 0 Å². The van der Waals surface area contributed by atoms with E-state index in [-0.39, 0.29) is 6.42 Å². The number of aliphatic hydroxyl groups is 1. The number of unbranched alkanes of at least 4 members (excludes halogenated alkanes) is 4. The van der Waals surface area contributed by atoms with Gasteiger partial charge in [-0.15, -0.1) is 0 Å². The Balaban J connectivity index is 2.14. The largest absolute Gasteiger partial charge is 0.461 e. The highest BCUT2D eigenvalue weighted by atomic mass is 16.6. The van der Waals surface area contributed by atoms with E-state index in [1.807, 2.05) is 30.3 Å². The molecule has 1 N–H and O–H groups in total. The highest BCUT2D eigenvalue weighted by Crippen LogP contribution is 2.21. The average Bonchev–Trinajstić information content (AvgIpc) is 2.78. The van der Waals surface area contributed by atoms with Gasteiger partial charge in [-0.3, -0.25) is 14.4 Å². The average molecular weight is 448 g/mol. The normalized spacial score (nSPS) is 25.5. The fraction of sp³-hybridized carbons (Fsp3) is 0.640. The lowest BCUT2D eigenvalue weighted by atomic mass is 9.96. The number of nitrogens with zero attached hydrogens (tertiary/aromatic N) is 1. The molecule has 1 heterocycles. The molecule has 1 aliphatic rings. The third kappa shape index (κ3) is 7.93. The first-order chi connectivity index (χ1) is 15.3. The second-order valence-corrected chi connectivity index (χ2v) is 8.66. The summed E-state index contributed by atoms with van der Waals surface area (Å²) >= 11 is 0. The second-order valence-electron chi connectivity index (χ2n) is 8.66. The van der Waals surface area contributed by atoms with Crippen LogP contribution in [0, 0.1) is 5.92 Å². The summed E-state index contributed by atoms with van der Waals surface area (Å²) in [4.78, 5) is 39.2. The molecule has 2 rings (SSSR count). The minimum absolute atomic E-state index is 0.247. The number of amides is 1. The summed E-state index contributed by atoms with van der Waals surface area (Å²) in [7, 11) is 1.55. The maximum atomic E-state index is 12.7. The SMILES string of the molecule is CCCCCCCC1OC(=O)C[C@@H](O)[C@H](Cc2ccccc2)N(C)C(=O)COC(=O)[C@H]1C. The molecule has 178 valence electrons. The summed E-state index contributed by atoms with van der Waals surface area (Å²) in [6.45, 7) is 3.39. The summed E-state index contributed by atoms with van der Waals surface area (Å²) < 4.78 is 10.9. The lowest BCUT2D eigenvalue weighted by molar-refractivity contribution is -0.168. The first kappa shape index (κ1) is 25.8. The molecule has 0 aliphatic carbocycles. The summed E-state index contributed by atoms with van der Waals surface area (Å²) in [5, 5.41) is 10.8. The van der Waals surface area contributed by atoms with Crippen molar-refractivity contribution in [2.45, 2.75) is 83.5 Å². The monoisotopic (exact) mass is 447 g/mol. The molecule has 0 aromatic heterocycles. The maximum Gasteiger partial charge on any atom is 0.312 e. The van der Waals surface area contributed by atoms with Crippen molar-refractivity contribution in [3.8, 4) is 0 Å². The predicted octanol–water partition coefficient (Wildman–Crippen LogP) is 3.27. The predicted molar refractivity (Wildman–Crippen MR) is 121 cm³/mol. The van der Waals surface area contributed by atoms with Crippen LogP contribution < -0.4 is 0 Å². The molecular weight excluding hydrogens is 410 g/mol. The van der Waals surface area contributed by atoms with Crippen molar-refractivity contribution in [1.29, 1.82) is 0 Å². The number of likely N-dealkylation sites (N-methyl/N-ethyl adjacent to an activating group) is 1. The van der Waals surface area contributed by atoms with Crippen molar-refractivity contribution in [2.75, 3.05) is 13.7 Å². The van der Waals surface area contributed by atoms with E-state index < -0.39 is 48.6 Å². The number of benzene rings is 1. The number of hydrogen-bond donors (Lipinski definition) is 1. The minimum Gasteiger partial charge on any atom is -0.461 e. The summed E-state index contributed by atoms with van der Waals surface area (Å²) in [5.74, 6) is -2.23. The van der Waals surface area contributed by atoms with Gasteiger partial charge in [0.25, 0.3) is 5.91 Å². The van der Waals surface area contributed by atoms with Crippen LogP contribution in [0.25, 0.3) is 0 Å². The van der Waals surface area contributed by atoms with Gasteiger partial charge in [-0.25, -0.2) is 0 Å². The maximum absolute atomic E-state index is 12.7.